The van der Waals surface area contributed by atoms with Crippen LogP contribution in [0, 0.1) is 0 Å². The molecule has 2 N–H and O–H groups in total. The highest BCUT2D eigenvalue weighted by Crippen LogP contribution is 2.22. The van der Waals surface area contributed by atoms with E-state index in [1.165, 1.54) is 4.88 Å². The Kier molecular flexibility index (Phi) is 3.18. The molecule has 0 aliphatic rings. The zero-order valence-electron chi connectivity index (χ0n) is 8.64. The summed E-state index contributed by atoms with van der Waals surface area (Å²) in [5, 5.41) is 0. The highest BCUT2D eigenvalue weighted by atomic mass is 32.1. The number of furan rings is 1. The normalized spacial score (nSPS) is 12.9. The Bertz CT molecular complexity index is 408. The minimum atomic E-state index is 0.0131. The van der Waals surface area contributed by atoms with Gasteiger partial charge in [0.15, 0.2) is 0 Å². The number of rotatable bonds is 4. The van der Waals surface area contributed by atoms with Gasteiger partial charge in [0.1, 0.15) is 5.76 Å². The first-order valence-electron chi connectivity index (χ1n) is 5.00. The molecule has 0 fully saturated rings. The lowest BCUT2D eigenvalue weighted by Gasteiger charge is -2.09. The lowest BCUT2D eigenvalue weighted by Crippen LogP contribution is -2.13. The first kappa shape index (κ1) is 10.4. The number of nitrogens with zero attached hydrogens (tertiary/aromatic N) is 1. The fourth-order valence-electron chi connectivity index (χ4n) is 1.64. The summed E-state index contributed by atoms with van der Waals surface area (Å²) in [6.45, 7) is 2.07. The van der Waals surface area contributed by atoms with E-state index in [0.717, 1.165) is 24.2 Å². The van der Waals surface area contributed by atoms with Crippen LogP contribution in [0.4, 0.5) is 0 Å². The molecule has 2 heterocycles. The Labute approximate surface area is 92.9 Å². The number of hydrogen-bond donors (Lipinski definition) is 1. The third-order valence-corrected chi connectivity index (χ3v) is 3.21. The zero-order valence-corrected chi connectivity index (χ0v) is 9.46. The Morgan fingerprint density at radius 2 is 2.47 bits per heavy atom. The predicted molar refractivity (Wildman–Crippen MR) is 60.8 cm³/mol. The number of aryl methyl sites for hydroxylation is 1. The van der Waals surface area contributed by atoms with E-state index in [0.29, 0.717) is 0 Å². The van der Waals surface area contributed by atoms with Crippen molar-refractivity contribution in [1.82, 2.24) is 4.98 Å². The van der Waals surface area contributed by atoms with Crippen LogP contribution in [-0.2, 0) is 12.8 Å². The second-order valence-corrected chi connectivity index (χ2v) is 4.40. The minimum absolute atomic E-state index is 0.0131. The van der Waals surface area contributed by atoms with Crippen molar-refractivity contribution in [2.45, 2.75) is 25.8 Å². The molecule has 0 aliphatic heterocycles. The second-order valence-electron chi connectivity index (χ2n) is 3.43. The number of aromatic nitrogens is 1. The average molecular weight is 222 g/mol. The van der Waals surface area contributed by atoms with E-state index in [1.807, 2.05) is 17.8 Å². The minimum Gasteiger partial charge on any atom is -0.469 e. The standard InChI is InChI=1S/C11H14N2OS/c1-2-11-9(3-4-14-11)10(12)5-8-6-13-7-15-8/h3-4,6-7,10H,2,5,12H2,1H3. The van der Waals surface area contributed by atoms with Gasteiger partial charge in [0.25, 0.3) is 0 Å². The van der Waals surface area contributed by atoms with E-state index in [9.17, 15) is 0 Å². The van der Waals surface area contributed by atoms with Crippen LogP contribution < -0.4 is 5.73 Å². The molecule has 0 aromatic carbocycles. The van der Waals surface area contributed by atoms with Crippen molar-refractivity contribution in [2.24, 2.45) is 5.73 Å². The number of hydrogen-bond acceptors (Lipinski definition) is 4. The Morgan fingerprint density at radius 3 is 3.13 bits per heavy atom. The Morgan fingerprint density at radius 1 is 1.60 bits per heavy atom. The van der Waals surface area contributed by atoms with Gasteiger partial charge in [0, 0.05) is 35.5 Å². The fourth-order valence-corrected chi connectivity index (χ4v) is 2.29. The van der Waals surface area contributed by atoms with Gasteiger partial charge in [0.2, 0.25) is 0 Å². The molecule has 0 saturated heterocycles. The molecule has 0 radical (unpaired) electrons. The molecule has 0 bridgehead atoms. The van der Waals surface area contributed by atoms with Crippen LogP contribution in [0.25, 0.3) is 0 Å². The van der Waals surface area contributed by atoms with E-state index in [-0.39, 0.29) is 6.04 Å². The lowest BCUT2D eigenvalue weighted by molar-refractivity contribution is 0.505. The van der Waals surface area contributed by atoms with E-state index in [4.69, 9.17) is 10.2 Å². The van der Waals surface area contributed by atoms with Gasteiger partial charge >= 0.3 is 0 Å². The monoisotopic (exact) mass is 222 g/mol. The van der Waals surface area contributed by atoms with Crippen molar-refractivity contribution in [1.29, 1.82) is 0 Å². The molecule has 0 spiro atoms. The summed E-state index contributed by atoms with van der Waals surface area (Å²) in [7, 11) is 0. The number of nitrogens with two attached hydrogens (primary N) is 1. The van der Waals surface area contributed by atoms with Crippen LogP contribution in [0.1, 0.15) is 29.2 Å². The first-order valence-corrected chi connectivity index (χ1v) is 5.88. The largest absolute Gasteiger partial charge is 0.469 e. The summed E-state index contributed by atoms with van der Waals surface area (Å²) >= 11 is 1.64. The average Bonchev–Trinajstić information content (AvgIpc) is 2.86. The molecule has 2 aromatic rings. The summed E-state index contributed by atoms with van der Waals surface area (Å²) < 4.78 is 5.36. The third-order valence-electron chi connectivity index (χ3n) is 2.41. The molecule has 4 heteroatoms. The molecule has 0 aliphatic carbocycles. The topological polar surface area (TPSA) is 52.0 Å². The van der Waals surface area contributed by atoms with Gasteiger partial charge in [-0.05, 0) is 6.07 Å². The summed E-state index contributed by atoms with van der Waals surface area (Å²) in [5.41, 5.74) is 9.07. The molecule has 1 unspecified atom stereocenters. The highest BCUT2D eigenvalue weighted by Gasteiger charge is 2.13. The van der Waals surface area contributed by atoms with Gasteiger partial charge in [-0.25, -0.2) is 0 Å². The van der Waals surface area contributed by atoms with Gasteiger partial charge in [-0.2, -0.15) is 0 Å². The SMILES string of the molecule is CCc1occc1C(N)Cc1cncs1. The lowest BCUT2D eigenvalue weighted by atomic mass is 10.0. The maximum Gasteiger partial charge on any atom is 0.108 e. The maximum atomic E-state index is 6.13. The van der Waals surface area contributed by atoms with Crippen LogP contribution in [0.5, 0.6) is 0 Å². The summed E-state index contributed by atoms with van der Waals surface area (Å²) in [4.78, 5) is 5.25. The summed E-state index contributed by atoms with van der Waals surface area (Å²) in [6, 6.07) is 1.98. The molecule has 3 nitrogen and oxygen atoms in total. The summed E-state index contributed by atoms with van der Waals surface area (Å²) in [5.74, 6) is 0.993. The molecule has 0 amide bonds. The van der Waals surface area contributed by atoms with Crippen LogP contribution in [0.3, 0.4) is 0 Å². The number of thiazole rings is 1. The van der Waals surface area contributed by atoms with Gasteiger partial charge in [0.05, 0.1) is 11.8 Å². The van der Waals surface area contributed by atoms with Crippen LogP contribution in [0.15, 0.2) is 28.5 Å². The van der Waals surface area contributed by atoms with Crippen LogP contribution in [0.2, 0.25) is 0 Å². The molecular formula is C11H14N2OS. The molecule has 80 valence electrons. The van der Waals surface area contributed by atoms with E-state index < -0.39 is 0 Å². The molecule has 2 aromatic heterocycles. The van der Waals surface area contributed by atoms with E-state index in [1.54, 1.807) is 17.6 Å². The van der Waals surface area contributed by atoms with Crippen molar-refractivity contribution < 1.29 is 4.42 Å². The van der Waals surface area contributed by atoms with Gasteiger partial charge in [-0.15, -0.1) is 11.3 Å². The van der Waals surface area contributed by atoms with Crippen molar-refractivity contribution in [2.75, 3.05) is 0 Å². The maximum absolute atomic E-state index is 6.13. The fraction of sp³-hybridized carbons (Fsp3) is 0.364. The third kappa shape index (κ3) is 2.27. The van der Waals surface area contributed by atoms with E-state index in [2.05, 4.69) is 11.9 Å². The Balaban J connectivity index is 2.11. The predicted octanol–water partition coefficient (Wildman–Crippen LogP) is 2.54. The second kappa shape index (κ2) is 4.59. The van der Waals surface area contributed by atoms with Gasteiger partial charge in [-0.3, -0.25) is 4.98 Å². The summed E-state index contributed by atoms with van der Waals surface area (Å²) in [6.07, 6.45) is 5.30. The van der Waals surface area contributed by atoms with E-state index >= 15 is 0 Å². The van der Waals surface area contributed by atoms with Crippen molar-refractivity contribution in [3.05, 3.63) is 40.2 Å². The molecule has 1 atom stereocenters. The van der Waals surface area contributed by atoms with Crippen molar-refractivity contribution >= 4 is 11.3 Å². The molecule has 15 heavy (non-hydrogen) atoms. The van der Waals surface area contributed by atoms with Crippen LogP contribution >= 0.6 is 11.3 Å². The quantitative estimate of drug-likeness (QED) is 0.864. The van der Waals surface area contributed by atoms with Crippen molar-refractivity contribution in [3.63, 3.8) is 0 Å². The zero-order chi connectivity index (χ0) is 10.7. The smallest absolute Gasteiger partial charge is 0.108 e. The van der Waals surface area contributed by atoms with Crippen molar-refractivity contribution in [3.8, 4) is 0 Å². The van der Waals surface area contributed by atoms with Gasteiger partial charge < -0.3 is 10.2 Å². The first-order chi connectivity index (χ1) is 7.31. The van der Waals surface area contributed by atoms with Gasteiger partial charge in [-0.1, -0.05) is 6.92 Å². The highest BCUT2D eigenvalue weighted by molar-refractivity contribution is 7.09. The van der Waals surface area contributed by atoms with Crippen LogP contribution in [-0.4, -0.2) is 4.98 Å². The molecule has 0 saturated carbocycles. The Hall–Kier alpha value is -1.13. The molecule has 2 rings (SSSR count). The molecular weight excluding hydrogens is 208 g/mol.